The van der Waals surface area contributed by atoms with Gasteiger partial charge in [-0.05, 0) is 29.7 Å². The van der Waals surface area contributed by atoms with Crippen molar-refractivity contribution in [1.29, 1.82) is 0 Å². The van der Waals surface area contributed by atoms with E-state index in [9.17, 15) is 4.79 Å². The van der Waals surface area contributed by atoms with Gasteiger partial charge in [0.15, 0.2) is 0 Å². The van der Waals surface area contributed by atoms with E-state index in [2.05, 4.69) is 0 Å². The van der Waals surface area contributed by atoms with Crippen LogP contribution in [0.4, 0.5) is 0 Å². The highest BCUT2D eigenvalue weighted by atomic mass is 35.5. The van der Waals surface area contributed by atoms with Gasteiger partial charge in [-0.3, -0.25) is 4.79 Å². The molecule has 0 aromatic heterocycles. The molecule has 2 rings (SSSR count). The van der Waals surface area contributed by atoms with E-state index in [0.717, 1.165) is 18.0 Å². The van der Waals surface area contributed by atoms with E-state index in [1.165, 1.54) is 11.1 Å². The molecule has 1 heterocycles. The Morgan fingerprint density at radius 3 is 3.00 bits per heavy atom. The number of hydrogen-bond donors (Lipinski definition) is 1. The van der Waals surface area contributed by atoms with Gasteiger partial charge >= 0.3 is 0 Å². The molecule has 1 amide bonds. The van der Waals surface area contributed by atoms with Crippen molar-refractivity contribution >= 4 is 17.5 Å². The number of carbonyl (C=O) groups excluding carboxylic acids is 1. The molecule has 1 aromatic rings. The van der Waals surface area contributed by atoms with Crippen LogP contribution in [-0.2, 0) is 17.8 Å². The van der Waals surface area contributed by atoms with Gasteiger partial charge in [-0.15, -0.1) is 0 Å². The van der Waals surface area contributed by atoms with Crippen LogP contribution in [0.2, 0.25) is 5.02 Å². The largest absolute Gasteiger partial charge is 0.337 e. The molecule has 0 bridgehead atoms. The third-order valence-electron chi connectivity index (χ3n) is 2.71. The zero-order valence-electron chi connectivity index (χ0n) is 8.37. The molecule has 1 aliphatic heterocycles. The summed E-state index contributed by atoms with van der Waals surface area (Å²) in [5, 5.41) is 0.757. The Morgan fingerprint density at radius 1 is 1.47 bits per heavy atom. The summed E-state index contributed by atoms with van der Waals surface area (Å²) in [6.07, 6.45) is 0.863. The smallest absolute Gasteiger partial charge is 0.236 e. The van der Waals surface area contributed by atoms with Gasteiger partial charge in [0.25, 0.3) is 0 Å². The molecule has 15 heavy (non-hydrogen) atoms. The summed E-state index contributed by atoms with van der Waals surface area (Å²) in [5.41, 5.74) is 7.75. The van der Waals surface area contributed by atoms with Crippen LogP contribution in [0.5, 0.6) is 0 Å². The highest BCUT2D eigenvalue weighted by molar-refractivity contribution is 6.30. The van der Waals surface area contributed by atoms with Crippen molar-refractivity contribution in [1.82, 2.24) is 4.90 Å². The minimum absolute atomic E-state index is 0.00981. The van der Waals surface area contributed by atoms with Crippen LogP contribution in [0.1, 0.15) is 11.1 Å². The highest BCUT2D eigenvalue weighted by Crippen LogP contribution is 2.22. The molecule has 0 saturated heterocycles. The van der Waals surface area contributed by atoms with Crippen molar-refractivity contribution in [2.75, 3.05) is 13.1 Å². The molecule has 4 heteroatoms. The van der Waals surface area contributed by atoms with Crippen LogP contribution in [0.15, 0.2) is 18.2 Å². The molecule has 0 atom stereocenters. The zero-order chi connectivity index (χ0) is 10.8. The number of halogens is 1. The van der Waals surface area contributed by atoms with E-state index >= 15 is 0 Å². The summed E-state index contributed by atoms with van der Waals surface area (Å²) >= 11 is 5.90. The van der Waals surface area contributed by atoms with E-state index < -0.39 is 0 Å². The molecule has 1 aliphatic rings. The Morgan fingerprint density at radius 2 is 2.27 bits per heavy atom. The second-order valence-corrected chi connectivity index (χ2v) is 4.12. The second kappa shape index (κ2) is 4.21. The predicted molar refractivity (Wildman–Crippen MR) is 59.6 cm³/mol. The first-order valence-corrected chi connectivity index (χ1v) is 5.33. The van der Waals surface area contributed by atoms with Crippen molar-refractivity contribution in [2.24, 2.45) is 5.73 Å². The van der Waals surface area contributed by atoms with E-state index in [1.807, 2.05) is 18.2 Å². The third kappa shape index (κ3) is 2.13. The first-order valence-electron chi connectivity index (χ1n) is 4.96. The maximum Gasteiger partial charge on any atom is 0.236 e. The van der Waals surface area contributed by atoms with Crippen molar-refractivity contribution in [3.8, 4) is 0 Å². The van der Waals surface area contributed by atoms with Crippen LogP contribution < -0.4 is 5.73 Å². The first kappa shape index (κ1) is 10.5. The third-order valence-corrected chi connectivity index (χ3v) is 2.94. The van der Waals surface area contributed by atoms with Crippen molar-refractivity contribution < 1.29 is 4.79 Å². The van der Waals surface area contributed by atoms with Gasteiger partial charge in [-0.2, -0.15) is 0 Å². The van der Waals surface area contributed by atoms with Gasteiger partial charge < -0.3 is 10.6 Å². The molecule has 0 unspecified atom stereocenters. The molecule has 1 aromatic carbocycles. The van der Waals surface area contributed by atoms with Gasteiger partial charge in [0.1, 0.15) is 0 Å². The lowest BCUT2D eigenvalue weighted by Crippen LogP contribution is -2.39. The zero-order valence-corrected chi connectivity index (χ0v) is 9.13. The van der Waals surface area contributed by atoms with E-state index in [0.29, 0.717) is 6.54 Å². The fraction of sp³-hybridized carbons (Fsp3) is 0.364. The normalized spacial score (nSPS) is 14.9. The molecule has 0 saturated carbocycles. The van der Waals surface area contributed by atoms with Crippen LogP contribution >= 0.6 is 11.6 Å². The SMILES string of the molecule is NCC(=O)N1CCc2cc(Cl)ccc2C1. The molecular formula is C11H13ClN2O. The fourth-order valence-corrected chi connectivity index (χ4v) is 2.06. The molecular weight excluding hydrogens is 212 g/mol. The first-order chi connectivity index (χ1) is 7.20. The monoisotopic (exact) mass is 224 g/mol. The molecule has 0 aliphatic carbocycles. The quantitative estimate of drug-likeness (QED) is 0.779. The fourth-order valence-electron chi connectivity index (χ4n) is 1.86. The summed E-state index contributed by atoms with van der Waals surface area (Å²) in [6.45, 7) is 1.48. The molecule has 0 radical (unpaired) electrons. The van der Waals surface area contributed by atoms with Crippen molar-refractivity contribution in [3.63, 3.8) is 0 Å². The number of benzene rings is 1. The van der Waals surface area contributed by atoms with E-state index in [-0.39, 0.29) is 12.5 Å². The lowest BCUT2D eigenvalue weighted by atomic mass is 10.00. The van der Waals surface area contributed by atoms with Gasteiger partial charge in [0.2, 0.25) is 5.91 Å². The highest BCUT2D eigenvalue weighted by Gasteiger charge is 2.19. The number of nitrogens with zero attached hydrogens (tertiary/aromatic N) is 1. The predicted octanol–water partition coefficient (Wildman–Crippen LogP) is 1.18. The van der Waals surface area contributed by atoms with Gasteiger partial charge in [0, 0.05) is 18.1 Å². The minimum atomic E-state index is 0.00981. The van der Waals surface area contributed by atoms with Crippen molar-refractivity contribution in [2.45, 2.75) is 13.0 Å². The van der Waals surface area contributed by atoms with Crippen molar-refractivity contribution in [3.05, 3.63) is 34.3 Å². The number of fused-ring (bicyclic) bond motifs is 1. The van der Waals surface area contributed by atoms with Gasteiger partial charge in [-0.25, -0.2) is 0 Å². The average molecular weight is 225 g/mol. The summed E-state index contributed by atoms with van der Waals surface area (Å²) in [5.74, 6) is 0.00981. The lowest BCUT2D eigenvalue weighted by molar-refractivity contribution is -0.130. The number of carbonyl (C=O) groups is 1. The van der Waals surface area contributed by atoms with Crippen LogP contribution in [0, 0.1) is 0 Å². The summed E-state index contributed by atoms with van der Waals surface area (Å²) < 4.78 is 0. The van der Waals surface area contributed by atoms with E-state index in [1.54, 1.807) is 4.90 Å². The maximum atomic E-state index is 11.4. The Labute approximate surface area is 93.8 Å². The van der Waals surface area contributed by atoms with E-state index in [4.69, 9.17) is 17.3 Å². The molecule has 0 fully saturated rings. The average Bonchev–Trinajstić information content (AvgIpc) is 2.27. The minimum Gasteiger partial charge on any atom is -0.337 e. The number of amides is 1. The van der Waals surface area contributed by atoms with Crippen LogP contribution in [0.3, 0.4) is 0 Å². The van der Waals surface area contributed by atoms with Gasteiger partial charge in [-0.1, -0.05) is 17.7 Å². The number of rotatable bonds is 1. The van der Waals surface area contributed by atoms with Crippen LogP contribution in [0.25, 0.3) is 0 Å². The lowest BCUT2D eigenvalue weighted by Gasteiger charge is -2.28. The summed E-state index contributed by atoms with van der Waals surface area (Å²) in [6, 6.07) is 5.81. The molecule has 2 N–H and O–H groups in total. The summed E-state index contributed by atoms with van der Waals surface area (Å²) in [7, 11) is 0. The van der Waals surface area contributed by atoms with Crippen LogP contribution in [-0.4, -0.2) is 23.9 Å². The topological polar surface area (TPSA) is 46.3 Å². The Balaban J connectivity index is 2.20. The maximum absolute atomic E-state index is 11.4. The summed E-state index contributed by atoms with van der Waals surface area (Å²) in [4.78, 5) is 13.2. The Kier molecular flexibility index (Phi) is 2.93. The Hall–Kier alpha value is -1.06. The Bertz CT molecular complexity index is 392. The van der Waals surface area contributed by atoms with Gasteiger partial charge in [0.05, 0.1) is 6.54 Å². The number of hydrogen-bond acceptors (Lipinski definition) is 2. The molecule has 80 valence electrons. The standard InChI is InChI=1S/C11H13ClN2O/c12-10-2-1-9-7-14(11(15)6-13)4-3-8(9)5-10/h1-2,5H,3-4,6-7,13H2. The number of nitrogens with two attached hydrogens (primary N) is 1. The molecule has 0 spiro atoms. The second-order valence-electron chi connectivity index (χ2n) is 3.68. The molecule has 3 nitrogen and oxygen atoms in total.